The fourth-order valence-electron chi connectivity index (χ4n) is 4.28. The van der Waals surface area contributed by atoms with Gasteiger partial charge in [0.1, 0.15) is 23.9 Å². The number of hydrogen-bond acceptors (Lipinski definition) is 5. The number of amides is 4. The van der Waals surface area contributed by atoms with Crippen LogP contribution in [0.3, 0.4) is 0 Å². The van der Waals surface area contributed by atoms with Gasteiger partial charge in [0.25, 0.3) is 11.8 Å². The van der Waals surface area contributed by atoms with Gasteiger partial charge in [-0.1, -0.05) is 54.1 Å². The Morgan fingerprint density at radius 1 is 1.12 bits per heavy atom. The number of urea groups is 1. The van der Waals surface area contributed by atoms with Crippen molar-refractivity contribution in [3.05, 3.63) is 94.9 Å². The smallest absolute Gasteiger partial charge is 0.325 e. The number of benzene rings is 2. The van der Waals surface area contributed by atoms with Crippen molar-refractivity contribution in [1.29, 1.82) is 0 Å². The Bertz CT molecular complexity index is 1270. The summed E-state index contributed by atoms with van der Waals surface area (Å²) in [6, 6.07) is 18.5. The summed E-state index contributed by atoms with van der Waals surface area (Å²) in [6.07, 6.45) is 1.95. The maximum atomic E-state index is 13.4. The quantitative estimate of drug-likeness (QED) is 0.561. The average Bonchev–Trinajstić information content (AvgIpc) is 3.56. The van der Waals surface area contributed by atoms with E-state index in [1.807, 2.05) is 18.2 Å². The lowest BCUT2D eigenvalue weighted by Crippen LogP contribution is -2.43. The molecule has 9 heteroatoms. The van der Waals surface area contributed by atoms with E-state index in [2.05, 4.69) is 10.4 Å². The minimum absolute atomic E-state index is 0.419. The Labute approximate surface area is 200 Å². The maximum Gasteiger partial charge on any atom is 0.325 e. The first-order valence-corrected chi connectivity index (χ1v) is 11.1. The van der Waals surface area contributed by atoms with Crippen molar-refractivity contribution in [2.75, 3.05) is 6.54 Å². The molecular formula is C25H21ClN4O4. The lowest BCUT2D eigenvalue weighted by atomic mass is 9.92. The fraction of sp³-hybridized carbons (Fsp3) is 0.200. The van der Waals surface area contributed by atoms with Gasteiger partial charge in [-0.05, 0) is 42.3 Å². The molecule has 3 aromatic rings. The third-order valence-corrected chi connectivity index (χ3v) is 6.39. The Morgan fingerprint density at radius 3 is 2.53 bits per heavy atom. The van der Waals surface area contributed by atoms with E-state index in [0.29, 0.717) is 28.5 Å². The molecule has 2 aromatic carbocycles. The van der Waals surface area contributed by atoms with Crippen LogP contribution in [0.5, 0.6) is 0 Å². The number of nitrogens with one attached hydrogen (secondary N) is 1. The summed E-state index contributed by atoms with van der Waals surface area (Å²) in [5.74, 6) is -0.425. The Hall–Kier alpha value is -3.91. The third-order valence-electron chi connectivity index (χ3n) is 6.13. The summed E-state index contributed by atoms with van der Waals surface area (Å²) in [7, 11) is 0. The molecule has 1 aromatic heterocycles. The highest BCUT2D eigenvalue weighted by atomic mass is 35.5. The first kappa shape index (κ1) is 21.9. The number of halogens is 1. The molecular weight excluding hydrogens is 456 g/mol. The van der Waals surface area contributed by atoms with Crippen molar-refractivity contribution >= 4 is 35.2 Å². The summed E-state index contributed by atoms with van der Waals surface area (Å²) in [5.41, 5.74) is 0.892. The Balaban J connectivity index is 1.41. The summed E-state index contributed by atoms with van der Waals surface area (Å²) in [4.78, 5) is 40.2. The first-order chi connectivity index (χ1) is 16.4. The second-order valence-corrected chi connectivity index (χ2v) is 8.78. The molecule has 0 aliphatic carbocycles. The van der Waals surface area contributed by atoms with Gasteiger partial charge >= 0.3 is 6.03 Å². The zero-order valence-electron chi connectivity index (χ0n) is 18.3. The number of hydrazone groups is 1. The van der Waals surface area contributed by atoms with E-state index in [0.717, 1.165) is 10.5 Å². The van der Waals surface area contributed by atoms with Gasteiger partial charge < -0.3 is 9.73 Å². The van der Waals surface area contributed by atoms with Crippen LogP contribution in [0, 0.1) is 0 Å². The van der Waals surface area contributed by atoms with Crippen LogP contribution in [0.25, 0.3) is 0 Å². The predicted molar refractivity (Wildman–Crippen MR) is 125 cm³/mol. The molecule has 1 saturated heterocycles. The predicted octanol–water partition coefficient (Wildman–Crippen LogP) is 4.08. The second-order valence-electron chi connectivity index (χ2n) is 8.34. The molecule has 0 radical (unpaired) electrons. The minimum atomic E-state index is -1.25. The molecule has 8 nitrogen and oxygen atoms in total. The van der Waals surface area contributed by atoms with E-state index in [9.17, 15) is 14.4 Å². The van der Waals surface area contributed by atoms with Crippen molar-refractivity contribution in [2.24, 2.45) is 5.10 Å². The van der Waals surface area contributed by atoms with E-state index in [1.165, 1.54) is 11.3 Å². The van der Waals surface area contributed by atoms with Crippen molar-refractivity contribution in [1.82, 2.24) is 15.2 Å². The number of carbonyl (C=O) groups is 3. The van der Waals surface area contributed by atoms with E-state index in [-0.39, 0.29) is 0 Å². The van der Waals surface area contributed by atoms with Crippen LogP contribution in [0.4, 0.5) is 4.79 Å². The van der Waals surface area contributed by atoms with Crippen molar-refractivity contribution in [3.63, 3.8) is 0 Å². The van der Waals surface area contributed by atoms with Crippen LogP contribution < -0.4 is 5.32 Å². The van der Waals surface area contributed by atoms with Gasteiger partial charge in [-0.15, -0.1) is 0 Å². The standard InChI is InChI=1S/C25H21ClN4O4/c1-25(17-6-3-2-4-7-17)23(32)29(24(33)27-25)15-22(31)30-20(21-8-5-13-34-21)14-19(28-30)16-9-11-18(26)12-10-16/h2-13,20H,14-15H2,1H3,(H,27,33)/t20-,25+/m0/s1. The van der Waals surface area contributed by atoms with Gasteiger partial charge in [0.2, 0.25) is 0 Å². The average molecular weight is 477 g/mol. The van der Waals surface area contributed by atoms with Gasteiger partial charge in [-0.25, -0.2) is 9.80 Å². The van der Waals surface area contributed by atoms with E-state index >= 15 is 0 Å². The van der Waals surface area contributed by atoms with Crippen molar-refractivity contribution in [3.8, 4) is 0 Å². The van der Waals surface area contributed by atoms with Crippen LogP contribution in [-0.2, 0) is 15.1 Å². The SMILES string of the molecule is C[C@]1(c2ccccc2)NC(=O)N(CC(=O)N2N=C(c3ccc(Cl)cc3)C[C@H]2c2ccco2)C1=O. The van der Waals surface area contributed by atoms with Crippen LogP contribution >= 0.6 is 11.6 Å². The zero-order chi connectivity index (χ0) is 23.9. The van der Waals surface area contributed by atoms with Gasteiger partial charge in [0.15, 0.2) is 0 Å². The molecule has 0 spiro atoms. The monoisotopic (exact) mass is 476 g/mol. The summed E-state index contributed by atoms with van der Waals surface area (Å²) < 4.78 is 5.56. The summed E-state index contributed by atoms with van der Waals surface area (Å²) in [6.45, 7) is 1.19. The van der Waals surface area contributed by atoms with Crippen LogP contribution in [0.1, 0.15) is 36.3 Å². The number of rotatable bonds is 5. The fourth-order valence-corrected chi connectivity index (χ4v) is 4.40. The molecule has 34 heavy (non-hydrogen) atoms. The van der Waals surface area contributed by atoms with Crippen LogP contribution in [-0.4, -0.2) is 40.0 Å². The second kappa shape index (κ2) is 8.46. The summed E-state index contributed by atoms with van der Waals surface area (Å²) >= 11 is 6.00. The number of hydrogen-bond donors (Lipinski definition) is 1. The molecule has 3 heterocycles. The molecule has 1 N–H and O–H groups in total. The molecule has 2 aliphatic rings. The first-order valence-electron chi connectivity index (χ1n) is 10.8. The van der Waals surface area contributed by atoms with Crippen molar-refractivity contribution in [2.45, 2.75) is 24.9 Å². The Kier molecular flexibility index (Phi) is 5.45. The van der Waals surface area contributed by atoms with E-state index in [1.54, 1.807) is 55.5 Å². The van der Waals surface area contributed by atoms with Gasteiger partial charge in [0.05, 0.1) is 12.0 Å². The minimum Gasteiger partial charge on any atom is -0.467 e. The molecule has 4 amide bonds. The zero-order valence-corrected chi connectivity index (χ0v) is 19.0. The number of furan rings is 1. The molecule has 2 aliphatic heterocycles. The topological polar surface area (TPSA) is 95.2 Å². The molecule has 0 saturated carbocycles. The molecule has 0 bridgehead atoms. The third kappa shape index (κ3) is 3.76. The van der Waals surface area contributed by atoms with Crippen molar-refractivity contribution < 1.29 is 18.8 Å². The highest BCUT2D eigenvalue weighted by Gasteiger charge is 2.50. The molecule has 0 unspecified atom stereocenters. The number of nitrogens with zero attached hydrogens (tertiary/aromatic N) is 3. The van der Waals surface area contributed by atoms with Crippen LogP contribution in [0.2, 0.25) is 5.02 Å². The van der Waals surface area contributed by atoms with E-state index < -0.39 is 36.0 Å². The van der Waals surface area contributed by atoms with Gasteiger partial charge in [0, 0.05) is 11.4 Å². The van der Waals surface area contributed by atoms with Gasteiger partial charge in [-0.2, -0.15) is 5.10 Å². The summed E-state index contributed by atoms with van der Waals surface area (Å²) in [5, 5.41) is 9.15. The highest BCUT2D eigenvalue weighted by Crippen LogP contribution is 2.34. The molecule has 5 rings (SSSR count). The highest BCUT2D eigenvalue weighted by molar-refractivity contribution is 6.30. The van der Waals surface area contributed by atoms with Crippen LogP contribution in [0.15, 0.2) is 82.5 Å². The lowest BCUT2D eigenvalue weighted by molar-refractivity contribution is -0.140. The Morgan fingerprint density at radius 2 is 1.85 bits per heavy atom. The molecule has 2 atom stereocenters. The molecule has 172 valence electrons. The van der Waals surface area contributed by atoms with E-state index in [4.69, 9.17) is 16.0 Å². The number of imide groups is 1. The molecule has 1 fully saturated rings. The normalized spacial score (nSPS) is 22.2. The maximum absolute atomic E-state index is 13.4. The number of carbonyl (C=O) groups excluding carboxylic acids is 3. The lowest BCUT2D eigenvalue weighted by Gasteiger charge is -2.24. The largest absolute Gasteiger partial charge is 0.467 e. The van der Waals surface area contributed by atoms with Gasteiger partial charge in [-0.3, -0.25) is 14.5 Å².